The van der Waals surface area contributed by atoms with Gasteiger partial charge >= 0.3 is 0 Å². The Morgan fingerprint density at radius 2 is 2.15 bits per heavy atom. The highest BCUT2D eigenvalue weighted by molar-refractivity contribution is 6.07. The molecule has 1 atom stereocenters. The van der Waals surface area contributed by atoms with Gasteiger partial charge in [0.1, 0.15) is 5.52 Å². The molecule has 2 fully saturated rings. The summed E-state index contributed by atoms with van der Waals surface area (Å²) in [5, 5.41) is 2.35. The van der Waals surface area contributed by atoms with Crippen molar-refractivity contribution in [2.24, 2.45) is 11.3 Å². The summed E-state index contributed by atoms with van der Waals surface area (Å²) in [6.07, 6.45) is 3.97. The molecule has 2 saturated heterocycles. The largest absolute Gasteiger partial charge is 0.337 e. The van der Waals surface area contributed by atoms with Crippen LogP contribution in [0.25, 0.3) is 11.2 Å². The number of imidazole rings is 1. The van der Waals surface area contributed by atoms with Crippen LogP contribution in [0.3, 0.4) is 0 Å². The lowest BCUT2D eigenvalue weighted by atomic mass is 9.85. The molecule has 1 spiro atoms. The van der Waals surface area contributed by atoms with Crippen molar-refractivity contribution >= 4 is 28.9 Å². The summed E-state index contributed by atoms with van der Waals surface area (Å²) in [4.78, 5) is 46.9. The summed E-state index contributed by atoms with van der Waals surface area (Å²) in [6, 6.07) is 1.74. The van der Waals surface area contributed by atoms with Crippen molar-refractivity contribution in [2.45, 2.75) is 33.2 Å². The SMILES string of the molecule is CC(C)Cn1cnc2cc(C(=O)N3CCC4(CC(=O)NC4=O)C3)cnc21. The zero-order valence-corrected chi connectivity index (χ0v) is 14.9. The van der Waals surface area contributed by atoms with E-state index in [4.69, 9.17) is 0 Å². The number of likely N-dealkylation sites (tertiary alicyclic amines) is 1. The van der Waals surface area contributed by atoms with Gasteiger partial charge in [-0.2, -0.15) is 0 Å². The molecule has 3 amide bonds. The lowest BCUT2D eigenvalue weighted by molar-refractivity contribution is -0.128. The van der Waals surface area contributed by atoms with Gasteiger partial charge in [0.15, 0.2) is 5.65 Å². The smallest absolute Gasteiger partial charge is 0.255 e. The average molecular weight is 355 g/mol. The summed E-state index contributed by atoms with van der Waals surface area (Å²) in [5.41, 5.74) is 1.13. The molecule has 26 heavy (non-hydrogen) atoms. The van der Waals surface area contributed by atoms with Crippen LogP contribution in [0.4, 0.5) is 0 Å². The minimum absolute atomic E-state index is 0.159. The first-order valence-electron chi connectivity index (χ1n) is 8.82. The van der Waals surface area contributed by atoms with Gasteiger partial charge in [-0.05, 0) is 18.4 Å². The van der Waals surface area contributed by atoms with Gasteiger partial charge in [0, 0.05) is 32.3 Å². The Bertz CT molecular complexity index is 919. The van der Waals surface area contributed by atoms with Crippen molar-refractivity contribution in [3.63, 3.8) is 0 Å². The van der Waals surface area contributed by atoms with Gasteiger partial charge in [0.05, 0.1) is 17.3 Å². The minimum atomic E-state index is -0.761. The van der Waals surface area contributed by atoms with Gasteiger partial charge in [-0.3, -0.25) is 19.7 Å². The van der Waals surface area contributed by atoms with Gasteiger partial charge in [0.25, 0.3) is 5.91 Å². The molecule has 2 aliphatic rings. The van der Waals surface area contributed by atoms with Gasteiger partial charge in [0.2, 0.25) is 11.8 Å². The first kappa shape index (κ1) is 16.7. The first-order valence-corrected chi connectivity index (χ1v) is 8.82. The van der Waals surface area contributed by atoms with Gasteiger partial charge in [-0.1, -0.05) is 13.8 Å². The molecule has 0 bridgehead atoms. The normalized spacial score (nSPS) is 22.8. The third kappa shape index (κ3) is 2.65. The molecular formula is C18H21N5O3. The quantitative estimate of drug-likeness (QED) is 0.828. The van der Waals surface area contributed by atoms with E-state index in [1.54, 1.807) is 23.5 Å². The molecule has 136 valence electrons. The van der Waals surface area contributed by atoms with Crippen LogP contribution in [-0.4, -0.2) is 50.2 Å². The van der Waals surface area contributed by atoms with Crippen LogP contribution in [-0.2, 0) is 16.1 Å². The van der Waals surface area contributed by atoms with E-state index in [0.29, 0.717) is 30.0 Å². The second-order valence-electron chi connectivity index (χ2n) is 7.67. The van der Waals surface area contributed by atoms with Crippen LogP contribution >= 0.6 is 0 Å². The number of carbonyl (C=O) groups excluding carboxylic acids is 3. The molecule has 8 nitrogen and oxygen atoms in total. The van der Waals surface area contributed by atoms with Crippen molar-refractivity contribution in [3.05, 3.63) is 24.2 Å². The molecule has 0 radical (unpaired) electrons. The van der Waals surface area contributed by atoms with E-state index in [-0.39, 0.29) is 30.7 Å². The number of carbonyl (C=O) groups is 3. The maximum Gasteiger partial charge on any atom is 0.255 e. The molecule has 2 aromatic heterocycles. The number of rotatable bonds is 3. The standard InChI is InChI=1S/C18H21N5O3/c1-11(2)8-23-10-20-13-5-12(7-19-15(13)23)16(25)22-4-3-18(9-22)6-14(24)21-17(18)26/h5,7,10-11H,3-4,6,8-9H2,1-2H3,(H,21,24,26). The summed E-state index contributed by atoms with van der Waals surface area (Å²) >= 11 is 0. The van der Waals surface area contributed by atoms with E-state index in [0.717, 1.165) is 12.2 Å². The van der Waals surface area contributed by atoms with Crippen LogP contribution in [0.1, 0.15) is 37.0 Å². The molecule has 4 rings (SSSR count). The second-order valence-corrected chi connectivity index (χ2v) is 7.67. The lowest BCUT2D eigenvalue weighted by Crippen LogP contribution is -2.36. The number of fused-ring (bicyclic) bond motifs is 1. The monoisotopic (exact) mass is 355 g/mol. The van der Waals surface area contributed by atoms with Gasteiger partial charge in [-0.15, -0.1) is 0 Å². The number of imide groups is 1. The molecule has 0 aromatic carbocycles. The van der Waals surface area contributed by atoms with Crippen LogP contribution in [0.15, 0.2) is 18.6 Å². The van der Waals surface area contributed by atoms with E-state index in [9.17, 15) is 14.4 Å². The molecule has 0 aliphatic carbocycles. The van der Waals surface area contributed by atoms with Crippen LogP contribution in [0.2, 0.25) is 0 Å². The third-order valence-electron chi connectivity index (χ3n) is 5.14. The van der Waals surface area contributed by atoms with Gasteiger partial charge < -0.3 is 9.47 Å². The maximum absolute atomic E-state index is 12.8. The predicted molar refractivity (Wildman–Crippen MR) is 93.1 cm³/mol. The Hall–Kier alpha value is -2.77. The molecule has 1 unspecified atom stereocenters. The lowest BCUT2D eigenvalue weighted by Gasteiger charge is -2.20. The van der Waals surface area contributed by atoms with Crippen molar-refractivity contribution in [1.82, 2.24) is 24.8 Å². The van der Waals surface area contributed by atoms with E-state index >= 15 is 0 Å². The topological polar surface area (TPSA) is 97.2 Å². The number of hydrogen-bond acceptors (Lipinski definition) is 5. The maximum atomic E-state index is 12.8. The van der Waals surface area contributed by atoms with E-state index < -0.39 is 5.41 Å². The van der Waals surface area contributed by atoms with E-state index in [1.165, 1.54) is 0 Å². The highest BCUT2D eigenvalue weighted by atomic mass is 16.2. The van der Waals surface area contributed by atoms with Crippen LogP contribution < -0.4 is 5.32 Å². The van der Waals surface area contributed by atoms with Crippen LogP contribution in [0.5, 0.6) is 0 Å². The average Bonchev–Trinajstić information content (AvgIpc) is 3.25. The Kier molecular flexibility index (Phi) is 3.78. The Balaban J connectivity index is 1.55. The van der Waals surface area contributed by atoms with E-state index in [2.05, 4.69) is 29.1 Å². The fraction of sp³-hybridized carbons (Fsp3) is 0.500. The predicted octanol–water partition coefficient (Wildman–Crippen LogP) is 0.966. The van der Waals surface area contributed by atoms with Crippen molar-refractivity contribution in [2.75, 3.05) is 13.1 Å². The number of pyridine rings is 1. The molecule has 2 aromatic rings. The van der Waals surface area contributed by atoms with Crippen LogP contribution in [0, 0.1) is 11.3 Å². The second kappa shape index (κ2) is 5.89. The Morgan fingerprint density at radius 1 is 1.35 bits per heavy atom. The molecular weight excluding hydrogens is 334 g/mol. The summed E-state index contributed by atoms with van der Waals surface area (Å²) < 4.78 is 1.98. The summed E-state index contributed by atoms with van der Waals surface area (Å²) in [7, 11) is 0. The fourth-order valence-corrected chi connectivity index (χ4v) is 3.84. The fourth-order valence-electron chi connectivity index (χ4n) is 3.84. The minimum Gasteiger partial charge on any atom is -0.337 e. The number of aromatic nitrogens is 3. The third-order valence-corrected chi connectivity index (χ3v) is 5.14. The summed E-state index contributed by atoms with van der Waals surface area (Å²) in [5.74, 6) is -0.236. The number of amides is 3. The highest BCUT2D eigenvalue weighted by Crippen LogP contribution is 2.38. The zero-order valence-electron chi connectivity index (χ0n) is 14.9. The summed E-state index contributed by atoms with van der Waals surface area (Å²) in [6.45, 7) is 5.78. The van der Waals surface area contributed by atoms with Crippen molar-refractivity contribution in [1.29, 1.82) is 0 Å². The molecule has 1 N–H and O–H groups in total. The van der Waals surface area contributed by atoms with Gasteiger partial charge in [-0.25, -0.2) is 9.97 Å². The van der Waals surface area contributed by atoms with Crippen molar-refractivity contribution in [3.8, 4) is 0 Å². The highest BCUT2D eigenvalue weighted by Gasteiger charge is 2.51. The molecule has 2 aliphatic heterocycles. The molecule has 8 heteroatoms. The number of hydrogen-bond donors (Lipinski definition) is 1. The first-order chi connectivity index (χ1) is 12.4. The number of nitrogens with zero attached hydrogens (tertiary/aromatic N) is 4. The number of nitrogens with one attached hydrogen (secondary N) is 1. The molecule has 4 heterocycles. The Morgan fingerprint density at radius 3 is 2.85 bits per heavy atom. The van der Waals surface area contributed by atoms with E-state index in [1.807, 2.05) is 4.57 Å². The Labute approximate surface area is 150 Å². The zero-order chi connectivity index (χ0) is 18.5. The van der Waals surface area contributed by atoms with Crippen molar-refractivity contribution < 1.29 is 14.4 Å². The molecule has 0 saturated carbocycles.